The van der Waals surface area contributed by atoms with E-state index in [9.17, 15) is 28.5 Å². The molecule has 31 heteroatoms. The van der Waals surface area contributed by atoms with Gasteiger partial charge in [0.2, 0.25) is 17.0 Å². The number of aromatic nitrogens is 2. The lowest BCUT2D eigenvalue weighted by atomic mass is 9.95. The molecule has 1 aliphatic rings. The normalized spacial score (nSPS) is 11.7. The van der Waals surface area contributed by atoms with Gasteiger partial charge in [0.05, 0.1) is 124 Å². The summed E-state index contributed by atoms with van der Waals surface area (Å²) in [7, 11) is 7.98. The number of nitrogens with zero attached hydrogens (tertiary/aromatic N) is 1. The van der Waals surface area contributed by atoms with Gasteiger partial charge >= 0.3 is 5.20 Å². The molecule has 21 nitrogen and oxygen atoms in total. The number of carbonyl (C=O) groups is 4. The van der Waals surface area contributed by atoms with Gasteiger partial charge in [-0.25, -0.2) is 4.98 Å². The number of fused-ring (bicyclic) bond motifs is 11. The van der Waals surface area contributed by atoms with E-state index >= 15 is 0 Å². The first-order chi connectivity index (χ1) is 58.2. The predicted octanol–water partition coefficient (Wildman–Crippen LogP) is 30.3. The number of pyridine rings is 2. The Hall–Kier alpha value is -10.9. The van der Waals surface area contributed by atoms with Gasteiger partial charge in [-0.3, -0.25) is 28.5 Å². The maximum Gasteiger partial charge on any atom is 0.339 e. The van der Waals surface area contributed by atoms with E-state index in [1.807, 2.05) is 170 Å². The summed E-state index contributed by atoms with van der Waals surface area (Å²) in [6, 6.07) is 69.5. The molecule has 7 aromatic heterocycles. The number of hydrogen-bond donors (Lipinski definition) is 4. The van der Waals surface area contributed by atoms with Crippen LogP contribution in [-0.2, 0) is 4.57 Å². The number of Topliss-reactive ketones (excluding diaryl/α,β-unsaturated/α-hetero) is 2. The maximum atomic E-state index is 12.5. The Labute approximate surface area is 781 Å². The summed E-state index contributed by atoms with van der Waals surface area (Å²) in [5, 5.41) is 4.59. The highest BCUT2D eigenvalue weighted by Crippen LogP contribution is 2.61. The number of hydrogen-bond acceptors (Lipinski definition) is 20. The lowest BCUT2D eigenvalue weighted by Crippen LogP contribution is -2.21. The molecule has 0 aliphatic carbocycles. The van der Waals surface area contributed by atoms with E-state index in [0.29, 0.717) is 116 Å². The number of ketones is 3. The Bertz CT molecular complexity index is 6840. The number of nitrogens with one attached hydrogen (secondary N) is 2. The Morgan fingerprint density at radius 1 is 0.496 bits per heavy atom. The summed E-state index contributed by atoms with van der Waals surface area (Å²) >= 11 is 37.8. The summed E-state index contributed by atoms with van der Waals surface area (Å²) in [4.78, 5) is 66.7. The molecule has 0 bridgehead atoms. The summed E-state index contributed by atoms with van der Waals surface area (Å²) in [6.45, 7) is 1.42. The monoisotopic (exact) mass is 2100 g/mol. The van der Waals surface area contributed by atoms with E-state index in [1.54, 1.807) is 96.2 Å². The highest BCUT2D eigenvalue weighted by atomic mass is 79.9. The molecule has 0 fully saturated rings. The third kappa shape index (κ3) is 22.9. The number of rotatable bonds is 13. The Morgan fingerprint density at radius 3 is 1.35 bits per heavy atom. The minimum atomic E-state index is -3.22. The van der Waals surface area contributed by atoms with Crippen molar-refractivity contribution in [1.82, 2.24) is 9.97 Å². The minimum absolute atomic E-state index is 0. The molecule has 648 valence electrons. The first-order valence-electron chi connectivity index (χ1n) is 36.1. The number of carbonyl (C=O) groups excluding carboxylic acids is 4. The van der Waals surface area contributed by atoms with Crippen LogP contribution >= 0.6 is 130 Å². The number of anilines is 3. The number of H-pyrrole nitrogens is 1. The molecule has 17 aromatic rings. The van der Waals surface area contributed by atoms with Crippen LogP contribution in [0.3, 0.4) is 0 Å². The van der Waals surface area contributed by atoms with Crippen LogP contribution in [-0.4, -0.2) is 69.2 Å². The number of nitrogens with two attached hydrogens (primary N) is 2. The molecule has 8 heterocycles. The molecule has 1 atom stereocenters. The molecule has 10 aromatic carbocycles. The number of aromatic amines is 1. The van der Waals surface area contributed by atoms with Crippen molar-refractivity contribution in [2.45, 2.75) is 49.1 Å². The Balaban J connectivity index is 0.000000186. The smallest absolute Gasteiger partial charge is 0.339 e. The van der Waals surface area contributed by atoms with Gasteiger partial charge in [-0.1, -0.05) is 199 Å². The molecule has 0 radical (unpaired) electrons. The molecule has 1 aliphatic heterocycles. The van der Waals surface area contributed by atoms with Gasteiger partial charge in [0.15, 0.2) is 34.2 Å². The van der Waals surface area contributed by atoms with Gasteiger partial charge < -0.3 is 67.5 Å². The summed E-state index contributed by atoms with van der Waals surface area (Å²) in [6.07, 6.45) is 4.39. The quantitative estimate of drug-likeness (QED) is 0.0361. The van der Waals surface area contributed by atoms with Crippen LogP contribution in [0.5, 0.6) is 28.7 Å². The van der Waals surface area contributed by atoms with Crippen LogP contribution < -0.4 is 45.9 Å². The van der Waals surface area contributed by atoms with Crippen molar-refractivity contribution in [2.24, 2.45) is 0 Å². The van der Waals surface area contributed by atoms with E-state index in [4.69, 9.17) is 73.8 Å². The zero-order valence-electron chi connectivity index (χ0n) is 64.4. The zero-order chi connectivity index (χ0) is 86.5. The van der Waals surface area contributed by atoms with E-state index in [-0.39, 0.29) is 70.0 Å². The first kappa shape index (κ1) is 99.6. The standard InChI is InChI=1S/C18H11BrClNO2.C18H14BrNO3.C18H12BrNO3.C18H14BrNO3.C11H10BrNO3.C7H6O.4CH4.Cl3OP/c1-22-14-8-7-13-15(16(14)19)17-18(23-13)11(20)9-12(21-17)10-5-3-2-4-6-10;2*1-22-14-8-7-13-15(16(14)19)17-18(23-13)12(21)9-11(20-17)10-5-3-2-4-6-10;1-22-14-10-9-13-15(16(14)19)17(20)18(23-13)12(21)8-7-11-5-3-2-4-6-11;1-5(14)11-10(13)8-6(16-11)3-4-7(15-2)9(8)12;8-6-7-4-2-1-3-5-7;;;;;1-5(2,3)4/h2-9H,1H3;2-8,11,20H,9H2,1H3;2-9H,1H3,(H,20,21);2-10H,20H2,1H3;3-4H,13H2,1-2H3;1-6H;4*1H4;/b;;;8-7+;;;;;;;. The first-order valence-corrected chi connectivity index (χ1v) is 44.8. The van der Waals surface area contributed by atoms with Gasteiger partial charge in [0, 0.05) is 36.2 Å². The summed E-state index contributed by atoms with van der Waals surface area (Å²) in [5.41, 5.74) is 24.8. The molecule has 18 rings (SSSR count). The number of nitrogen functional groups attached to an aromatic ring is 2. The Kier molecular flexibility index (Phi) is 35.7. The van der Waals surface area contributed by atoms with E-state index in [1.165, 1.54) is 13.0 Å². The number of halogens is 9. The second-order valence-corrected chi connectivity index (χ2v) is 37.0. The predicted molar refractivity (Wildman–Crippen MR) is 526 cm³/mol. The van der Waals surface area contributed by atoms with Crippen molar-refractivity contribution in [1.29, 1.82) is 0 Å². The molecular formula is C94H83Br5Cl4N5O16P. The second kappa shape index (κ2) is 44.8. The van der Waals surface area contributed by atoms with Gasteiger partial charge in [-0.05, 0) is 203 Å². The second-order valence-electron chi connectivity index (χ2n) is 26.0. The van der Waals surface area contributed by atoms with Crippen LogP contribution in [0.2, 0.25) is 5.02 Å². The molecule has 0 amide bonds. The van der Waals surface area contributed by atoms with Gasteiger partial charge in [0.1, 0.15) is 68.5 Å². The summed E-state index contributed by atoms with van der Waals surface area (Å²) in [5.74, 6) is 3.62. The average molecular weight is 2110 g/mol. The molecule has 0 spiro atoms. The van der Waals surface area contributed by atoms with Gasteiger partial charge in [-0.2, -0.15) is 0 Å². The summed E-state index contributed by atoms with van der Waals surface area (Å²) < 4.78 is 68.0. The Morgan fingerprint density at radius 2 is 0.888 bits per heavy atom. The maximum absolute atomic E-state index is 12.5. The van der Waals surface area contributed by atoms with Crippen LogP contribution in [0.1, 0.15) is 102 Å². The fraction of sp³-hybridized carbons (Fsp3) is 0.128. The SMILES string of the molecule is C.C.C.C.COc1ccc2oc(C(=O)/C=C/c3ccccc3)c(N)c2c1Br.COc1ccc2oc(C(C)=O)c(N)c2c1Br.COc1ccc2oc3c(=O)cc(-c4ccccc4)[nH]c3c2c1Br.COc1ccc2oc3c(Cl)cc(-c4ccccc4)nc3c2c1Br.COc1ccc2oc3c(c2c1Br)NC(c1ccccc1)CC3=O.O=Cc1ccccc1.O=P(Cl)(Cl)Cl. The molecular weight excluding hydrogens is 2030 g/mol. The average Bonchev–Trinajstić information content (AvgIpc) is 1.70. The van der Waals surface area contributed by atoms with E-state index < -0.39 is 5.20 Å². The molecule has 0 saturated heterocycles. The number of ether oxygens (including phenoxy) is 5. The lowest BCUT2D eigenvalue weighted by Gasteiger charge is -2.23. The molecule has 125 heavy (non-hydrogen) atoms. The van der Waals surface area contributed by atoms with Crippen LogP contribution in [0.15, 0.2) is 280 Å². The molecule has 1 unspecified atom stereocenters. The number of aldehydes is 1. The van der Waals surface area contributed by atoms with Crippen LogP contribution in [0.25, 0.3) is 106 Å². The fourth-order valence-electron chi connectivity index (χ4n) is 12.8. The number of furan rings is 5. The highest BCUT2D eigenvalue weighted by Gasteiger charge is 2.33. The van der Waals surface area contributed by atoms with Crippen molar-refractivity contribution in [3.63, 3.8) is 0 Å². The number of benzene rings is 10. The van der Waals surface area contributed by atoms with Crippen molar-refractivity contribution in [3.05, 3.63) is 302 Å². The van der Waals surface area contributed by atoms with Crippen molar-refractivity contribution in [2.75, 3.05) is 52.3 Å². The van der Waals surface area contributed by atoms with Crippen molar-refractivity contribution < 1.29 is 69.5 Å². The molecule has 6 N–H and O–H groups in total. The zero-order valence-corrected chi connectivity index (χ0v) is 76.2. The third-order valence-corrected chi connectivity index (χ3v) is 22.6. The van der Waals surface area contributed by atoms with E-state index in [2.05, 4.69) is 124 Å². The van der Waals surface area contributed by atoms with Crippen molar-refractivity contribution in [3.8, 4) is 51.3 Å². The van der Waals surface area contributed by atoms with Crippen LogP contribution in [0, 0.1) is 0 Å². The third-order valence-electron chi connectivity index (χ3n) is 18.4. The lowest BCUT2D eigenvalue weighted by molar-refractivity contribution is 0.0944. The molecule has 0 saturated carbocycles. The van der Waals surface area contributed by atoms with E-state index in [0.717, 1.165) is 92.0 Å². The van der Waals surface area contributed by atoms with Crippen molar-refractivity contribution >= 4 is 254 Å². The number of methoxy groups -OCH3 is 5. The van der Waals surface area contributed by atoms with Gasteiger partial charge in [0.25, 0.3) is 0 Å². The van der Waals surface area contributed by atoms with Gasteiger partial charge in [-0.15, -0.1) is 0 Å². The largest absolute Gasteiger partial charge is 0.496 e. The minimum Gasteiger partial charge on any atom is -0.496 e. The number of allylic oxidation sites excluding steroid dienone is 1. The fourth-order valence-corrected chi connectivity index (χ4v) is 16.5. The topological polar surface area (TPSA) is 307 Å². The van der Waals surface area contributed by atoms with Crippen LogP contribution in [0.4, 0.5) is 17.1 Å². The highest BCUT2D eigenvalue weighted by molar-refractivity contribution is 9.11.